The minimum Gasteiger partial charge on any atom is -0.358 e. The molecule has 0 radical (unpaired) electrons. The van der Waals surface area contributed by atoms with Crippen LogP contribution in [0.1, 0.15) is 5.69 Å². The summed E-state index contributed by atoms with van der Waals surface area (Å²) in [6.45, 7) is 5.08. The summed E-state index contributed by atoms with van der Waals surface area (Å²) in [4.78, 5) is 21.6. The first-order valence-corrected chi connectivity index (χ1v) is 6.66. The molecule has 0 aliphatic heterocycles. The van der Waals surface area contributed by atoms with Gasteiger partial charge in [-0.2, -0.15) is 0 Å². The first-order valence-electron chi connectivity index (χ1n) is 5.87. The Morgan fingerprint density at radius 1 is 1.57 bits per heavy atom. The van der Waals surface area contributed by atoms with Crippen molar-refractivity contribution in [2.45, 2.75) is 6.92 Å². The van der Waals surface area contributed by atoms with Crippen molar-refractivity contribution in [3.8, 4) is 5.69 Å². The van der Waals surface area contributed by atoms with Gasteiger partial charge >= 0.3 is 5.82 Å². The summed E-state index contributed by atoms with van der Waals surface area (Å²) >= 11 is 3.16. The smallest absolute Gasteiger partial charge is 0.358 e. The van der Waals surface area contributed by atoms with Crippen LogP contribution >= 0.6 is 15.9 Å². The Labute approximate surface area is 128 Å². The van der Waals surface area contributed by atoms with Gasteiger partial charge < -0.3 is 15.4 Å². The van der Waals surface area contributed by atoms with E-state index in [-0.39, 0.29) is 11.7 Å². The lowest BCUT2D eigenvalue weighted by Crippen LogP contribution is -2.08. The van der Waals surface area contributed by atoms with E-state index in [0.29, 0.717) is 21.5 Å². The number of hydrogen-bond acceptors (Lipinski definition) is 4. The van der Waals surface area contributed by atoms with Crippen molar-refractivity contribution in [1.29, 1.82) is 0 Å². The summed E-state index contributed by atoms with van der Waals surface area (Å²) in [6, 6.07) is 6.82. The van der Waals surface area contributed by atoms with Crippen molar-refractivity contribution < 1.29 is 9.72 Å². The van der Waals surface area contributed by atoms with Crippen LogP contribution in [0.2, 0.25) is 0 Å². The predicted molar refractivity (Wildman–Crippen MR) is 81.5 cm³/mol. The number of anilines is 1. The fraction of sp³-hybridized carbons (Fsp3) is 0.0769. The average Bonchev–Trinajstić information content (AvgIpc) is 2.75. The Morgan fingerprint density at radius 2 is 2.29 bits per heavy atom. The summed E-state index contributed by atoms with van der Waals surface area (Å²) in [6.07, 6.45) is 1.16. The highest BCUT2D eigenvalue weighted by atomic mass is 79.9. The Bertz CT molecular complexity index is 739. The molecule has 1 heterocycles. The molecule has 0 aliphatic rings. The standard InChI is InChI=1S/C13H11BrN4O3/c1-3-11(19)15-9-5-4-6-10(7-9)17-8(2)12(14)13(16-17)18(20)21/h3-7H,1H2,2H3,(H,15,19). The number of hydrogen-bond donors (Lipinski definition) is 1. The van der Waals surface area contributed by atoms with Crippen LogP contribution in [0, 0.1) is 17.0 Å². The van der Waals surface area contributed by atoms with Gasteiger partial charge in [-0.3, -0.25) is 4.79 Å². The number of rotatable bonds is 4. The molecule has 0 bridgehead atoms. The summed E-state index contributed by atoms with van der Waals surface area (Å²) in [5.41, 5.74) is 1.74. The number of nitrogens with one attached hydrogen (secondary N) is 1. The Balaban J connectivity index is 2.45. The van der Waals surface area contributed by atoms with Crippen LogP contribution < -0.4 is 5.32 Å². The van der Waals surface area contributed by atoms with E-state index in [1.165, 1.54) is 4.68 Å². The van der Waals surface area contributed by atoms with Crippen molar-refractivity contribution in [3.63, 3.8) is 0 Å². The van der Waals surface area contributed by atoms with Crippen molar-refractivity contribution in [2.75, 3.05) is 5.32 Å². The molecule has 0 saturated heterocycles. The molecule has 21 heavy (non-hydrogen) atoms. The maximum atomic E-state index is 11.3. The predicted octanol–water partition coefficient (Wildman–Crippen LogP) is 2.98. The molecule has 2 aromatic rings. The fourth-order valence-corrected chi connectivity index (χ4v) is 2.14. The number of nitrogens with zero attached hydrogens (tertiary/aromatic N) is 3. The molecule has 8 heteroatoms. The van der Waals surface area contributed by atoms with Gasteiger partial charge in [-0.1, -0.05) is 12.6 Å². The molecule has 2 rings (SSSR count). The number of halogens is 1. The number of carbonyl (C=O) groups is 1. The molecule has 0 fully saturated rings. The van der Waals surface area contributed by atoms with Gasteiger partial charge in [0.1, 0.15) is 4.47 Å². The van der Waals surface area contributed by atoms with E-state index in [1.54, 1.807) is 31.2 Å². The largest absolute Gasteiger partial charge is 0.404 e. The van der Waals surface area contributed by atoms with Gasteiger partial charge in [-0.15, -0.1) is 4.68 Å². The molecule has 0 saturated carbocycles. The third-order valence-electron chi connectivity index (χ3n) is 2.74. The molecule has 1 aromatic heterocycles. The van der Waals surface area contributed by atoms with E-state index in [2.05, 4.69) is 32.9 Å². The lowest BCUT2D eigenvalue weighted by atomic mass is 10.2. The second kappa shape index (κ2) is 5.88. The molecule has 0 atom stereocenters. The van der Waals surface area contributed by atoms with E-state index >= 15 is 0 Å². The van der Waals surface area contributed by atoms with E-state index in [9.17, 15) is 14.9 Å². The number of aromatic nitrogens is 2. The average molecular weight is 351 g/mol. The van der Waals surface area contributed by atoms with Gasteiger partial charge in [0.05, 0.1) is 16.5 Å². The zero-order valence-corrected chi connectivity index (χ0v) is 12.6. The zero-order chi connectivity index (χ0) is 15.6. The summed E-state index contributed by atoms with van der Waals surface area (Å²) in [7, 11) is 0. The van der Waals surface area contributed by atoms with Crippen molar-refractivity contribution in [3.05, 3.63) is 57.2 Å². The number of benzene rings is 1. The number of carbonyl (C=O) groups excluding carboxylic acids is 1. The monoisotopic (exact) mass is 350 g/mol. The minimum atomic E-state index is -0.559. The highest BCUT2D eigenvalue weighted by Gasteiger charge is 2.24. The molecule has 1 N–H and O–H groups in total. The van der Waals surface area contributed by atoms with Gasteiger partial charge in [0, 0.05) is 5.69 Å². The van der Waals surface area contributed by atoms with Gasteiger partial charge in [0.25, 0.3) is 0 Å². The van der Waals surface area contributed by atoms with Crippen LogP contribution in [0.3, 0.4) is 0 Å². The second-order valence-electron chi connectivity index (χ2n) is 4.14. The zero-order valence-electron chi connectivity index (χ0n) is 11.0. The van der Waals surface area contributed by atoms with Crippen LogP contribution in [0.25, 0.3) is 5.69 Å². The van der Waals surface area contributed by atoms with Gasteiger partial charge in [0.15, 0.2) is 0 Å². The highest BCUT2D eigenvalue weighted by Crippen LogP contribution is 2.29. The molecule has 0 unspecified atom stereocenters. The molecule has 1 aromatic carbocycles. The first-order chi connectivity index (χ1) is 9.93. The van der Waals surface area contributed by atoms with Crippen molar-refractivity contribution in [1.82, 2.24) is 9.78 Å². The van der Waals surface area contributed by atoms with Crippen molar-refractivity contribution in [2.24, 2.45) is 0 Å². The molecule has 7 nitrogen and oxygen atoms in total. The molecule has 108 valence electrons. The minimum absolute atomic E-state index is 0.256. The topological polar surface area (TPSA) is 90.1 Å². The molecular weight excluding hydrogens is 340 g/mol. The van der Waals surface area contributed by atoms with E-state index < -0.39 is 4.92 Å². The second-order valence-corrected chi connectivity index (χ2v) is 4.93. The lowest BCUT2D eigenvalue weighted by molar-refractivity contribution is -0.390. The van der Waals surface area contributed by atoms with Gasteiger partial charge in [-0.25, -0.2) is 0 Å². The Hall–Kier alpha value is -2.48. The third-order valence-corrected chi connectivity index (χ3v) is 3.67. The number of amides is 1. The normalized spacial score (nSPS) is 10.2. The van der Waals surface area contributed by atoms with Crippen molar-refractivity contribution >= 4 is 33.3 Å². The van der Waals surface area contributed by atoms with Gasteiger partial charge in [-0.05, 0) is 52.1 Å². The first kappa shape index (κ1) is 14.9. The van der Waals surface area contributed by atoms with Crippen LogP contribution in [0.5, 0.6) is 0 Å². The lowest BCUT2D eigenvalue weighted by Gasteiger charge is -2.05. The van der Waals surface area contributed by atoms with Gasteiger partial charge in [0.2, 0.25) is 5.91 Å². The fourth-order valence-electron chi connectivity index (χ4n) is 1.75. The molecule has 0 spiro atoms. The van der Waals surface area contributed by atoms with E-state index in [4.69, 9.17) is 0 Å². The summed E-state index contributed by atoms with van der Waals surface area (Å²) < 4.78 is 1.76. The Kier molecular flexibility index (Phi) is 4.18. The van der Waals surface area contributed by atoms with Crippen LogP contribution in [0.4, 0.5) is 11.5 Å². The van der Waals surface area contributed by atoms with Crippen LogP contribution in [-0.4, -0.2) is 20.6 Å². The maximum absolute atomic E-state index is 11.3. The molecular formula is C13H11BrN4O3. The quantitative estimate of drug-likeness (QED) is 0.521. The van der Waals surface area contributed by atoms with Crippen LogP contribution in [0.15, 0.2) is 41.4 Å². The number of nitro groups is 1. The highest BCUT2D eigenvalue weighted by molar-refractivity contribution is 9.10. The SMILES string of the molecule is C=CC(=O)Nc1cccc(-n2nc([N+](=O)[O-])c(Br)c2C)c1. The van der Waals surface area contributed by atoms with Crippen LogP contribution in [-0.2, 0) is 4.79 Å². The summed E-state index contributed by atoms with van der Waals surface area (Å²) in [5, 5.41) is 17.5. The van der Waals surface area contributed by atoms with E-state index in [0.717, 1.165) is 6.08 Å². The molecule has 1 amide bonds. The molecule has 0 aliphatic carbocycles. The Morgan fingerprint density at radius 3 is 2.86 bits per heavy atom. The van der Waals surface area contributed by atoms with E-state index in [1.807, 2.05) is 0 Å². The maximum Gasteiger partial charge on any atom is 0.404 e. The summed E-state index contributed by atoms with van der Waals surface area (Å²) in [5.74, 6) is -0.593. The third kappa shape index (κ3) is 3.00.